The van der Waals surface area contributed by atoms with Crippen LogP contribution < -0.4 is 10.2 Å². The summed E-state index contributed by atoms with van der Waals surface area (Å²) in [5, 5.41) is 3.49. The van der Waals surface area contributed by atoms with Crippen molar-refractivity contribution in [2.75, 3.05) is 50.7 Å². The smallest absolute Gasteiger partial charge is 0.241 e. The predicted octanol–water partition coefficient (Wildman–Crippen LogP) is 1.81. The largest absolute Gasteiger partial charge is 0.368 e. The Hall–Kier alpha value is -1.37. The maximum atomic E-state index is 13.3. The summed E-state index contributed by atoms with van der Waals surface area (Å²) in [5.74, 6) is -0.223. The minimum atomic E-state index is -0.405. The second kappa shape index (κ2) is 7.89. The van der Waals surface area contributed by atoms with Crippen LogP contribution >= 0.6 is 11.6 Å². The lowest BCUT2D eigenvalue weighted by molar-refractivity contribution is -0.135. The van der Waals surface area contributed by atoms with Gasteiger partial charge in [-0.25, -0.2) is 4.39 Å². The number of piperazine rings is 2. The molecule has 0 bridgehead atoms. The molecule has 0 aromatic heterocycles. The third-order valence-corrected chi connectivity index (χ3v) is 5.38. The molecule has 138 valence electrons. The molecule has 1 atom stereocenters. The van der Waals surface area contributed by atoms with Crippen LogP contribution in [0, 0.1) is 5.82 Å². The molecular formula is C18H26ClFN4O. The Kier molecular flexibility index (Phi) is 5.81. The summed E-state index contributed by atoms with van der Waals surface area (Å²) >= 11 is 5.87. The van der Waals surface area contributed by atoms with Gasteiger partial charge in [0, 0.05) is 57.5 Å². The molecule has 2 fully saturated rings. The Morgan fingerprint density at radius 2 is 1.96 bits per heavy atom. The van der Waals surface area contributed by atoms with Gasteiger partial charge >= 0.3 is 0 Å². The van der Waals surface area contributed by atoms with E-state index in [1.807, 2.05) is 4.90 Å². The number of carbonyl (C=O) groups is 1. The number of halogens is 2. The van der Waals surface area contributed by atoms with Crippen molar-refractivity contribution in [2.45, 2.75) is 25.9 Å². The van der Waals surface area contributed by atoms with Crippen LogP contribution in [0.25, 0.3) is 0 Å². The number of anilines is 1. The van der Waals surface area contributed by atoms with E-state index >= 15 is 0 Å². The van der Waals surface area contributed by atoms with E-state index in [-0.39, 0.29) is 17.0 Å². The molecule has 1 N–H and O–H groups in total. The molecule has 1 amide bonds. The fraction of sp³-hybridized carbons (Fsp3) is 0.611. The highest BCUT2D eigenvalue weighted by molar-refractivity contribution is 6.31. The van der Waals surface area contributed by atoms with Crippen molar-refractivity contribution in [3.05, 3.63) is 29.0 Å². The molecule has 1 aromatic carbocycles. The van der Waals surface area contributed by atoms with E-state index in [4.69, 9.17) is 11.6 Å². The molecule has 2 saturated heterocycles. The zero-order chi connectivity index (χ0) is 18.0. The first-order valence-corrected chi connectivity index (χ1v) is 9.29. The van der Waals surface area contributed by atoms with Gasteiger partial charge in [0.25, 0.3) is 0 Å². The van der Waals surface area contributed by atoms with Gasteiger partial charge in [-0.2, -0.15) is 0 Å². The normalized spacial score (nSPS) is 22.5. The topological polar surface area (TPSA) is 38.8 Å². The second-order valence-electron chi connectivity index (χ2n) is 7.01. The van der Waals surface area contributed by atoms with Crippen molar-refractivity contribution >= 4 is 23.2 Å². The van der Waals surface area contributed by atoms with E-state index in [0.29, 0.717) is 19.1 Å². The first kappa shape index (κ1) is 18.4. The number of hydrogen-bond donors (Lipinski definition) is 1. The van der Waals surface area contributed by atoms with Crippen LogP contribution in [0.4, 0.5) is 10.1 Å². The third-order valence-electron chi connectivity index (χ3n) is 5.09. The highest BCUT2D eigenvalue weighted by atomic mass is 35.5. The molecule has 0 aliphatic carbocycles. The van der Waals surface area contributed by atoms with Crippen LogP contribution in [0.5, 0.6) is 0 Å². The van der Waals surface area contributed by atoms with Crippen LogP contribution in [0.1, 0.15) is 13.8 Å². The predicted molar refractivity (Wildman–Crippen MR) is 98.7 cm³/mol. The fourth-order valence-corrected chi connectivity index (χ4v) is 3.67. The monoisotopic (exact) mass is 368 g/mol. The van der Waals surface area contributed by atoms with E-state index in [9.17, 15) is 9.18 Å². The molecular weight excluding hydrogens is 343 g/mol. The highest BCUT2D eigenvalue weighted by Gasteiger charge is 2.31. The van der Waals surface area contributed by atoms with Crippen molar-refractivity contribution in [3.63, 3.8) is 0 Å². The number of rotatable bonds is 3. The molecule has 1 aromatic rings. The SMILES string of the molecule is CC(C)N1CCNC(C(=O)N2CCN(c3ccc(F)c(Cl)c3)CC2)C1. The van der Waals surface area contributed by atoms with Crippen molar-refractivity contribution in [2.24, 2.45) is 0 Å². The number of nitrogens with zero attached hydrogens (tertiary/aromatic N) is 3. The van der Waals surface area contributed by atoms with Crippen molar-refractivity contribution in [1.29, 1.82) is 0 Å². The second-order valence-corrected chi connectivity index (χ2v) is 7.41. The average Bonchev–Trinajstić information content (AvgIpc) is 2.63. The Morgan fingerprint density at radius 1 is 1.24 bits per heavy atom. The van der Waals surface area contributed by atoms with Gasteiger partial charge in [0.15, 0.2) is 0 Å². The van der Waals surface area contributed by atoms with Gasteiger partial charge in [0.1, 0.15) is 5.82 Å². The lowest BCUT2D eigenvalue weighted by Gasteiger charge is -2.41. The molecule has 0 saturated carbocycles. The number of nitrogens with one attached hydrogen (secondary N) is 1. The van der Waals surface area contributed by atoms with Gasteiger partial charge in [0.2, 0.25) is 5.91 Å². The molecule has 2 heterocycles. The Bertz CT molecular complexity index is 619. The van der Waals surface area contributed by atoms with Crippen LogP contribution in [0.3, 0.4) is 0 Å². The summed E-state index contributed by atoms with van der Waals surface area (Å²) in [4.78, 5) is 19.2. The summed E-state index contributed by atoms with van der Waals surface area (Å²) in [7, 11) is 0. The number of carbonyl (C=O) groups excluding carboxylic acids is 1. The molecule has 0 spiro atoms. The first-order chi connectivity index (χ1) is 12.0. The van der Waals surface area contributed by atoms with Gasteiger partial charge < -0.3 is 15.1 Å². The fourth-order valence-electron chi connectivity index (χ4n) is 3.49. The van der Waals surface area contributed by atoms with E-state index in [1.54, 1.807) is 12.1 Å². The van der Waals surface area contributed by atoms with E-state index in [1.165, 1.54) is 6.07 Å². The Balaban J connectivity index is 1.56. The number of hydrogen-bond acceptors (Lipinski definition) is 4. The van der Waals surface area contributed by atoms with Gasteiger partial charge in [-0.1, -0.05) is 11.6 Å². The summed E-state index contributed by atoms with van der Waals surface area (Å²) in [6.45, 7) is 9.75. The minimum Gasteiger partial charge on any atom is -0.368 e. The Morgan fingerprint density at radius 3 is 2.60 bits per heavy atom. The van der Waals surface area contributed by atoms with Crippen LogP contribution in [0.2, 0.25) is 5.02 Å². The number of benzene rings is 1. The molecule has 1 unspecified atom stereocenters. The summed E-state index contributed by atoms with van der Waals surface area (Å²) < 4.78 is 13.3. The van der Waals surface area contributed by atoms with Crippen LogP contribution in [-0.4, -0.2) is 73.6 Å². The summed E-state index contributed by atoms with van der Waals surface area (Å²) in [5.41, 5.74) is 0.903. The molecule has 25 heavy (non-hydrogen) atoms. The van der Waals surface area contributed by atoms with Gasteiger partial charge in [-0.3, -0.25) is 9.69 Å². The van der Waals surface area contributed by atoms with Crippen molar-refractivity contribution < 1.29 is 9.18 Å². The zero-order valence-corrected chi connectivity index (χ0v) is 15.6. The third kappa shape index (κ3) is 4.25. The van der Waals surface area contributed by atoms with Gasteiger partial charge in [-0.05, 0) is 32.0 Å². The number of amides is 1. The van der Waals surface area contributed by atoms with E-state index in [0.717, 1.165) is 38.4 Å². The lowest BCUT2D eigenvalue weighted by atomic mass is 10.1. The Labute approximate surface area is 153 Å². The molecule has 3 rings (SSSR count). The van der Waals surface area contributed by atoms with Gasteiger partial charge in [0.05, 0.1) is 11.1 Å². The molecule has 2 aliphatic heterocycles. The minimum absolute atomic E-state index is 0.122. The standard InChI is InChI=1S/C18H26ClFN4O/c1-13(2)24-6-5-21-17(12-24)18(25)23-9-7-22(8-10-23)14-3-4-16(20)15(19)11-14/h3-4,11,13,17,21H,5-10,12H2,1-2H3. The van der Waals surface area contributed by atoms with Gasteiger partial charge in [-0.15, -0.1) is 0 Å². The van der Waals surface area contributed by atoms with E-state index < -0.39 is 5.82 Å². The maximum Gasteiger partial charge on any atom is 0.241 e. The zero-order valence-electron chi connectivity index (χ0n) is 14.8. The molecule has 5 nitrogen and oxygen atoms in total. The lowest BCUT2D eigenvalue weighted by Crippen LogP contribution is -2.61. The maximum absolute atomic E-state index is 13.3. The van der Waals surface area contributed by atoms with Crippen molar-refractivity contribution in [1.82, 2.24) is 15.1 Å². The molecule has 0 radical (unpaired) electrons. The average molecular weight is 369 g/mol. The quantitative estimate of drug-likeness (QED) is 0.883. The molecule has 2 aliphatic rings. The van der Waals surface area contributed by atoms with E-state index in [2.05, 4.69) is 29.0 Å². The summed E-state index contributed by atoms with van der Waals surface area (Å²) in [6, 6.07) is 5.11. The highest BCUT2D eigenvalue weighted by Crippen LogP contribution is 2.23. The molecule has 7 heteroatoms. The summed E-state index contributed by atoms with van der Waals surface area (Å²) in [6.07, 6.45) is 0. The first-order valence-electron chi connectivity index (χ1n) is 8.92. The van der Waals surface area contributed by atoms with Crippen molar-refractivity contribution in [3.8, 4) is 0 Å². The van der Waals surface area contributed by atoms with Crippen LogP contribution in [0.15, 0.2) is 18.2 Å². The van der Waals surface area contributed by atoms with Crippen LogP contribution in [-0.2, 0) is 4.79 Å².